The van der Waals surface area contributed by atoms with Crippen LogP contribution in [0.5, 0.6) is 11.5 Å². The fourth-order valence-electron chi connectivity index (χ4n) is 1.23. The van der Waals surface area contributed by atoms with Crippen LogP contribution in [0.3, 0.4) is 0 Å². The van der Waals surface area contributed by atoms with Crippen molar-refractivity contribution in [3.05, 3.63) is 24.3 Å². The number of hydrogen-bond donors (Lipinski definition) is 1. The Kier molecular flexibility index (Phi) is 4.37. The highest BCUT2D eigenvalue weighted by molar-refractivity contribution is 7.80. The number of benzene rings is 1. The quantitative estimate of drug-likeness (QED) is 0.780. The third kappa shape index (κ3) is 4.16. The summed E-state index contributed by atoms with van der Waals surface area (Å²) in [7, 11) is 1.62. The smallest absolute Gasteiger partial charge is 0.123 e. The second-order valence-corrected chi connectivity index (χ2v) is 3.80. The molecule has 1 atom stereocenters. The lowest BCUT2D eigenvalue weighted by Gasteiger charge is -2.14. The first-order valence-electron chi connectivity index (χ1n) is 4.71. The predicted molar refractivity (Wildman–Crippen MR) is 64.5 cm³/mol. The van der Waals surface area contributed by atoms with Crippen LogP contribution in [0.25, 0.3) is 0 Å². The Labute approximate surface area is 95.2 Å². The molecular formula is C11H15NO2S. The maximum atomic E-state index is 5.62. The minimum atomic E-state index is -0.0189. The molecule has 1 rings (SSSR count). The molecule has 1 aromatic rings. The van der Waals surface area contributed by atoms with E-state index >= 15 is 0 Å². The Bertz CT molecular complexity index is 341. The topological polar surface area (TPSA) is 44.5 Å². The van der Waals surface area contributed by atoms with Crippen molar-refractivity contribution in [2.45, 2.75) is 19.4 Å². The summed E-state index contributed by atoms with van der Waals surface area (Å²) in [6.07, 6.45) is 0.557. The van der Waals surface area contributed by atoms with Crippen molar-refractivity contribution in [3.8, 4) is 11.5 Å². The Morgan fingerprint density at radius 3 is 2.73 bits per heavy atom. The molecule has 0 fully saturated rings. The summed E-state index contributed by atoms with van der Waals surface area (Å²) in [5.74, 6) is 1.54. The van der Waals surface area contributed by atoms with Gasteiger partial charge in [0.1, 0.15) is 17.6 Å². The van der Waals surface area contributed by atoms with E-state index in [0.29, 0.717) is 11.4 Å². The minimum Gasteiger partial charge on any atom is -0.497 e. The van der Waals surface area contributed by atoms with Gasteiger partial charge in [0.05, 0.1) is 12.1 Å². The van der Waals surface area contributed by atoms with Crippen LogP contribution in [0.1, 0.15) is 13.3 Å². The molecule has 0 aliphatic rings. The van der Waals surface area contributed by atoms with E-state index < -0.39 is 0 Å². The summed E-state index contributed by atoms with van der Waals surface area (Å²) in [5, 5.41) is 0. The average Bonchev–Trinajstić information content (AvgIpc) is 2.16. The number of methoxy groups -OCH3 is 1. The molecule has 4 heteroatoms. The van der Waals surface area contributed by atoms with Gasteiger partial charge in [-0.05, 0) is 19.1 Å². The zero-order valence-electron chi connectivity index (χ0n) is 8.90. The van der Waals surface area contributed by atoms with Gasteiger partial charge >= 0.3 is 0 Å². The summed E-state index contributed by atoms with van der Waals surface area (Å²) in [6.45, 7) is 1.93. The van der Waals surface area contributed by atoms with Gasteiger partial charge < -0.3 is 15.2 Å². The SMILES string of the molecule is COc1cccc(OC(C)CC(N)=S)c1. The first-order chi connectivity index (χ1) is 7.11. The van der Waals surface area contributed by atoms with Crippen molar-refractivity contribution in [1.29, 1.82) is 0 Å². The van der Waals surface area contributed by atoms with Gasteiger partial charge in [-0.15, -0.1) is 0 Å². The maximum Gasteiger partial charge on any atom is 0.123 e. The van der Waals surface area contributed by atoms with Crippen LogP contribution in [-0.4, -0.2) is 18.2 Å². The minimum absolute atomic E-state index is 0.0189. The highest BCUT2D eigenvalue weighted by Gasteiger charge is 2.05. The number of ether oxygens (including phenoxy) is 2. The standard InChI is InChI=1S/C11H15NO2S/c1-8(6-11(12)15)14-10-5-3-4-9(7-10)13-2/h3-5,7-8H,6H2,1-2H3,(H2,12,15). The van der Waals surface area contributed by atoms with E-state index in [4.69, 9.17) is 27.4 Å². The summed E-state index contributed by atoms with van der Waals surface area (Å²) in [4.78, 5) is 0.463. The van der Waals surface area contributed by atoms with Gasteiger partial charge in [0.15, 0.2) is 0 Å². The number of rotatable bonds is 5. The van der Waals surface area contributed by atoms with E-state index in [0.717, 1.165) is 11.5 Å². The molecule has 82 valence electrons. The van der Waals surface area contributed by atoms with Crippen LogP contribution in [0.15, 0.2) is 24.3 Å². The molecule has 0 saturated heterocycles. The molecule has 3 nitrogen and oxygen atoms in total. The monoisotopic (exact) mass is 225 g/mol. The molecule has 0 spiro atoms. The number of nitrogens with two attached hydrogens (primary N) is 1. The fourth-order valence-corrected chi connectivity index (χ4v) is 1.47. The summed E-state index contributed by atoms with van der Waals surface area (Å²) in [5.41, 5.74) is 5.43. The van der Waals surface area contributed by atoms with Gasteiger partial charge in [-0.2, -0.15) is 0 Å². The molecule has 0 aliphatic carbocycles. The molecule has 2 N–H and O–H groups in total. The first kappa shape index (κ1) is 11.8. The van der Waals surface area contributed by atoms with Gasteiger partial charge in [0.2, 0.25) is 0 Å². The van der Waals surface area contributed by atoms with E-state index in [1.807, 2.05) is 31.2 Å². The van der Waals surface area contributed by atoms with Crippen LogP contribution >= 0.6 is 12.2 Å². The normalized spacial score (nSPS) is 11.9. The van der Waals surface area contributed by atoms with Crippen LogP contribution in [0.4, 0.5) is 0 Å². The van der Waals surface area contributed by atoms with E-state index in [-0.39, 0.29) is 6.10 Å². The molecule has 0 amide bonds. The van der Waals surface area contributed by atoms with Crippen LogP contribution in [0, 0.1) is 0 Å². The lowest BCUT2D eigenvalue weighted by molar-refractivity contribution is 0.229. The van der Waals surface area contributed by atoms with Gasteiger partial charge in [0, 0.05) is 12.5 Å². The Morgan fingerprint density at radius 1 is 1.47 bits per heavy atom. The maximum absolute atomic E-state index is 5.62. The van der Waals surface area contributed by atoms with Crippen molar-refractivity contribution in [2.75, 3.05) is 7.11 Å². The van der Waals surface area contributed by atoms with Crippen molar-refractivity contribution in [2.24, 2.45) is 5.73 Å². The molecule has 1 aromatic carbocycles. The molecular weight excluding hydrogens is 210 g/mol. The van der Waals surface area contributed by atoms with E-state index in [2.05, 4.69) is 0 Å². The largest absolute Gasteiger partial charge is 0.497 e. The van der Waals surface area contributed by atoms with Crippen molar-refractivity contribution >= 4 is 17.2 Å². The molecule has 0 aliphatic heterocycles. The fraction of sp³-hybridized carbons (Fsp3) is 0.364. The van der Waals surface area contributed by atoms with Gasteiger partial charge in [-0.1, -0.05) is 18.3 Å². The number of hydrogen-bond acceptors (Lipinski definition) is 3. The van der Waals surface area contributed by atoms with Gasteiger partial charge in [-0.3, -0.25) is 0 Å². The third-order valence-electron chi connectivity index (χ3n) is 1.87. The summed E-state index contributed by atoms with van der Waals surface area (Å²) < 4.78 is 10.7. The molecule has 15 heavy (non-hydrogen) atoms. The predicted octanol–water partition coefficient (Wildman–Crippen LogP) is 2.14. The molecule has 1 unspecified atom stereocenters. The Hall–Kier alpha value is -1.29. The van der Waals surface area contributed by atoms with Crippen LogP contribution in [0.2, 0.25) is 0 Å². The molecule has 0 radical (unpaired) electrons. The average molecular weight is 225 g/mol. The van der Waals surface area contributed by atoms with Gasteiger partial charge in [0.25, 0.3) is 0 Å². The van der Waals surface area contributed by atoms with Crippen molar-refractivity contribution < 1.29 is 9.47 Å². The lowest BCUT2D eigenvalue weighted by Crippen LogP contribution is -2.20. The second kappa shape index (κ2) is 5.56. The van der Waals surface area contributed by atoms with Crippen LogP contribution in [-0.2, 0) is 0 Å². The lowest BCUT2D eigenvalue weighted by atomic mass is 10.2. The zero-order valence-corrected chi connectivity index (χ0v) is 9.71. The third-order valence-corrected chi connectivity index (χ3v) is 2.03. The first-order valence-corrected chi connectivity index (χ1v) is 5.11. The molecule has 0 bridgehead atoms. The van der Waals surface area contributed by atoms with E-state index in [1.165, 1.54) is 0 Å². The molecule has 0 aromatic heterocycles. The highest BCUT2D eigenvalue weighted by Crippen LogP contribution is 2.20. The zero-order chi connectivity index (χ0) is 11.3. The number of thiocarbonyl (C=S) groups is 1. The highest BCUT2D eigenvalue weighted by atomic mass is 32.1. The van der Waals surface area contributed by atoms with Crippen molar-refractivity contribution in [3.63, 3.8) is 0 Å². The van der Waals surface area contributed by atoms with Crippen LogP contribution < -0.4 is 15.2 Å². The Balaban J connectivity index is 2.59. The van der Waals surface area contributed by atoms with E-state index in [9.17, 15) is 0 Å². The summed E-state index contributed by atoms with van der Waals surface area (Å²) in [6, 6.07) is 7.45. The van der Waals surface area contributed by atoms with Gasteiger partial charge in [-0.25, -0.2) is 0 Å². The Morgan fingerprint density at radius 2 is 2.13 bits per heavy atom. The van der Waals surface area contributed by atoms with Crippen molar-refractivity contribution in [1.82, 2.24) is 0 Å². The van der Waals surface area contributed by atoms with E-state index in [1.54, 1.807) is 7.11 Å². The molecule has 0 heterocycles. The second-order valence-electron chi connectivity index (χ2n) is 3.28. The molecule has 0 saturated carbocycles. The summed E-state index contributed by atoms with van der Waals surface area (Å²) >= 11 is 4.81.